The van der Waals surface area contributed by atoms with E-state index in [1.54, 1.807) is 0 Å². The first-order valence-electron chi connectivity index (χ1n) is 5.48. The number of aromatic nitrogens is 2. The van der Waals surface area contributed by atoms with Crippen molar-refractivity contribution >= 4 is 15.9 Å². The van der Waals surface area contributed by atoms with E-state index in [4.69, 9.17) is 0 Å². The van der Waals surface area contributed by atoms with Gasteiger partial charge in [0.05, 0.1) is 11.4 Å². The van der Waals surface area contributed by atoms with Crippen LogP contribution in [0.4, 0.5) is 0 Å². The zero-order valence-electron chi connectivity index (χ0n) is 9.76. The standard InChI is InChI=1S/C11H20BrN3/c1-4-10-7-11(15(3)14-10)8-13-9(2)5-6-12/h7,9,13H,4-6,8H2,1-3H3. The van der Waals surface area contributed by atoms with Gasteiger partial charge in [0.15, 0.2) is 0 Å². The topological polar surface area (TPSA) is 29.9 Å². The van der Waals surface area contributed by atoms with Gasteiger partial charge in [-0.05, 0) is 25.8 Å². The Morgan fingerprint density at radius 2 is 2.33 bits per heavy atom. The van der Waals surface area contributed by atoms with Gasteiger partial charge in [-0.15, -0.1) is 0 Å². The second kappa shape index (κ2) is 6.28. The zero-order chi connectivity index (χ0) is 11.3. The maximum atomic E-state index is 4.42. The molecule has 0 saturated carbocycles. The molecule has 0 bridgehead atoms. The molecule has 0 radical (unpaired) electrons. The first-order chi connectivity index (χ1) is 7.17. The predicted octanol–water partition coefficient (Wildman–Crippen LogP) is 2.25. The quantitative estimate of drug-likeness (QED) is 0.806. The van der Waals surface area contributed by atoms with Gasteiger partial charge in [0, 0.05) is 25.0 Å². The summed E-state index contributed by atoms with van der Waals surface area (Å²) in [7, 11) is 2.01. The molecule has 86 valence electrons. The third-order valence-corrected chi connectivity index (χ3v) is 3.02. The lowest BCUT2D eigenvalue weighted by molar-refractivity contribution is 0.520. The number of hydrogen-bond donors (Lipinski definition) is 1. The van der Waals surface area contributed by atoms with Crippen LogP contribution in [-0.2, 0) is 20.0 Å². The SMILES string of the molecule is CCc1cc(CNC(C)CCBr)n(C)n1. The van der Waals surface area contributed by atoms with E-state index in [2.05, 4.69) is 46.3 Å². The van der Waals surface area contributed by atoms with Crippen LogP contribution < -0.4 is 5.32 Å². The van der Waals surface area contributed by atoms with Crippen molar-refractivity contribution in [3.8, 4) is 0 Å². The van der Waals surface area contributed by atoms with Crippen LogP contribution in [0.5, 0.6) is 0 Å². The Morgan fingerprint density at radius 1 is 1.60 bits per heavy atom. The average molecular weight is 274 g/mol. The van der Waals surface area contributed by atoms with Gasteiger partial charge in [-0.2, -0.15) is 5.10 Å². The van der Waals surface area contributed by atoms with Crippen molar-refractivity contribution in [3.05, 3.63) is 17.5 Å². The Labute approximate surface area is 100 Å². The molecule has 0 amide bonds. The molecule has 1 N–H and O–H groups in total. The van der Waals surface area contributed by atoms with Crippen LogP contribution in [0.1, 0.15) is 31.7 Å². The first kappa shape index (κ1) is 12.7. The fourth-order valence-electron chi connectivity index (χ4n) is 1.45. The van der Waals surface area contributed by atoms with Gasteiger partial charge in [0.2, 0.25) is 0 Å². The summed E-state index contributed by atoms with van der Waals surface area (Å²) in [6, 6.07) is 2.72. The highest BCUT2D eigenvalue weighted by Crippen LogP contribution is 2.04. The molecule has 1 atom stereocenters. The summed E-state index contributed by atoms with van der Waals surface area (Å²) in [6.07, 6.45) is 2.16. The van der Waals surface area contributed by atoms with Crippen LogP contribution in [0, 0.1) is 0 Å². The maximum absolute atomic E-state index is 4.42. The lowest BCUT2D eigenvalue weighted by Gasteiger charge is -2.11. The highest BCUT2D eigenvalue weighted by atomic mass is 79.9. The van der Waals surface area contributed by atoms with Gasteiger partial charge in [-0.25, -0.2) is 0 Å². The minimum atomic E-state index is 0.546. The predicted molar refractivity (Wildman–Crippen MR) is 67.3 cm³/mol. The van der Waals surface area contributed by atoms with Crippen LogP contribution in [-0.4, -0.2) is 21.2 Å². The van der Waals surface area contributed by atoms with Gasteiger partial charge >= 0.3 is 0 Å². The lowest BCUT2D eigenvalue weighted by atomic mass is 10.2. The van der Waals surface area contributed by atoms with Gasteiger partial charge in [-0.3, -0.25) is 4.68 Å². The first-order valence-corrected chi connectivity index (χ1v) is 6.60. The monoisotopic (exact) mass is 273 g/mol. The Morgan fingerprint density at radius 3 is 2.87 bits per heavy atom. The summed E-state index contributed by atoms with van der Waals surface area (Å²) in [5.41, 5.74) is 2.43. The van der Waals surface area contributed by atoms with Gasteiger partial charge < -0.3 is 5.32 Å². The van der Waals surface area contributed by atoms with E-state index in [-0.39, 0.29) is 0 Å². The Kier molecular flexibility index (Phi) is 5.32. The molecule has 1 aromatic heterocycles. The molecule has 15 heavy (non-hydrogen) atoms. The Balaban J connectivity index is 2.46. The van der Waals surface area contributed by atoms with E-state index in [9.17, 15) is 0 Å². The number of rotatable bonds is 6. The smallest absolute Gasteiger partial charge is 0.0625 e. The summed E-state index contributed by atoms with van der Waals surface area (Å²) >= 11 is 3.45. The number of halogens is 1. The summed E-state index contributed by atoms with van der Waals surface area (Å²) in [4.78, 5) is 0. The van der Waals surface area contributed by atoms with Crippen molar-refractivity contribution in [2.45, 2.75) is 39.3 Å². The molecule has 0 spiro atoms. The molecule has 0 fully saturated rings. The largest absolute Gasteiger partial charge is 0.309 e. The van der Waals surface area contributed by atoms with Gasteiger partial charge in [0.1, 0.15) is 0 Å². The Hall–Kier alpha value is -0.350. The maximum Gasteiger partial charge on any atom is 0.0625 e. The number of nitrogens with zero attached hydrogens (tertiary/aromatic N) is 2. The lowest BCUT2D eigenvalue weighted by Crippen LogP contribution is -2.26. The van der Waals surface area contributed by atoms with E-state index in [1.807, 2.05) is 11.7 Å². The van der Waals surface area contributed by atoms with Crippen molar-refractivity contribution in [2.24, 2.45) is 7.05 Å². The molecule has 1 rings (SSSR count). The van der Waals surface area contributed by atoms with Gasteiger partial charge in [-0.1, -0.05) is 22.9 Å². The molecular weight excluding hydrogens is 254 g/mol. The number of nitrogens with one attached hydrogen (secondary N) is 1. The third-order valence-electron chi connectivity index (χ3n) is 2.56. The summed E-state index contributed by atoms with van der Waals surface area (Å²) in [5.74, 6) is 0. The highest BCUT2D eigenvalue weighted by Gasteiger charge is 2.05. The fourth-order valence-corrected chi connectivity index (χ4v) is 2.14. The van der Waals surface area contributed by atoms with Crippen LogP contribution in [0.25, 0.3) is 0 Å². The normalized spacial score (nSPS) is 13.1. The number of alkyl halides is 1. The van der Waals surface area contributed by atoms with Crippen molar-refractivity contribution in [2.75, 3.05) is 5.33 Å². The molecule has 1 heterocycles. The van der Waals surface area contributed by atoms with Crippen LogP contribution in [0.2, 0.25) is 0 Å². The molecule has 1 aromatic rings. The highest BCUT2D eigenvalue weighted by molar-refractivity contribution is 9.09. The van der Waals surface area contributed by atoms with E-state index in [0.29, 0.717) is 6.04 Å². The van der Waals surface area contributed by atoms with Crippen LogP contribution in [0.3, 0.4) is 0 Å². The number of hydrogen-bond acceptors (Lipinski definition) is 2. The molecule has 0 aliphatic heterocycles. The zero-order valence-corrected chi connectivity index (χ0v) is 11.3. The van der Waals surface area contributed by atoms with Crippen molar-refractivity contribution in [1.82, 2.24) is 15.1 Å². The summed E-state index contributed by atoms with van der Waals surface area (Å²) < 4.78 is 1.96. The van der Waals surface area contributed by atoms with Crippen LogP contribution >= 0.6 is 15.9 Å². The van der Waals surface area contributed by atoms with Crippen LogP contribution in [0.15, 0.2) is 6.07 Å². The Bertz CT molecular complexity index is 296. The summed E-state index contributed by atoms with van der Waals surface area (Å²) in [5, 5.41) is 8.96. The number of aryl methyl sites for hydroxylation is 2. The fraction of sp³-hybridized carbons (Fsp3) is 0.727. The van der Waals surface area contributed by atoms with Crippen molar-refractivity contribution in [3.63, 3.8) is 0 Å². The third kappa shape index (κ3) is 3.95. The van der Waals surface area contributed by atoms with E-state index >= 15 is 0 Å². The van der Waals surface area contributed by atoms with Crippen molar-refractivity contribution < 1.29 is 0 Å². The van der Waals surface area contributed by atoms with E-state index < -0.39 is 0 Å². The molecule has 3 nitrogen and oxygen atoms in total. The minimum Gasteiger partial charge on any atom is -0.309 e. The second-order valence-electron chi connectivity index (χ2n) is 3.86. The van der Waals surface area contributed by atoms with Gasteiger partial charge in [0.25, 0.3) is 0 Å². The molecule has 4 heteroatoms. The molecule has 0 aliphatic rings. The molecule has 0 aromatic carbocycles. The van der Waals surface area contributed by atoms with E-state index in [0.717, 1.165) is 24.7 Å². The molecular formula is C11H20BrN3. The van der Waals surface area contributed by atoms with Crippen molar-refractivity contribution in [1.29, 1.82) is 0 Å². The summed E-state index contributed by atoms with van der Waals surface area (Å²) in [6.45, 7) is 5.24. The second-order valence-corrected chi connectivity index (χ2v) is 4.66. The van der Waals surface area contributed by atoms with E-state index in [1.165, 1.54) is 11.4 Å². The molecule has 0 aliphatic carbocycles. The molecule has 1 unspecified atom stereocenters. The average Bonchev–Trinajstić information content (AvgIpc) is 2.57. The minimum absolute atomic E-state index is 0.546. The molecule has 0 saturated heterocycles.